The average molecular weight is 228 g/mol. The number of nitrogens with one attached hydrogen (secondary N) is 1. The molecule has 0 atom stereocenters. The lowest BCUT2D eigenvalue weighted by atomic mass is 9.68. The molecule has 0 aromatic rings. The van der Waals surface area contributed by atoms with Gasteiger partial charge in [0.2, 0.25) is 0 Å². The van der Waals surface area contributed by atoms with E-state index in [0.717, 1.165) is 0 Å². The molecule has 0 heterocycles. The van der Waals surface area contributed by atoms with Gasteiger partial charge in [0, 0.05) is 16.9 Å². The van der Waals surface area contributed by atoms with Crippen LogP contribution in [0.25, 0.3) is 0 Å². The van der Waals surface area contributed by atoms with Gasteiger partial charge in [0.05, 0.1) is 5.66 Å². The van der Waals surface area contributed by atoms with Crippen molar-refractivity contribution in [2.75, 3.05) is 0 Å². The highest BCUT2D eigenvalue weighted by Crippen LogP contribution is 2.34. The van der Waals surface area contributed by atoms with Gasteiger partial charge in [-0.3, -0.25) is 10.1 Å². The highest BCUT2D eigenvalue weighted by Gasteiger charge is 2.45. The number of nitrogens with two attached hydrogens (primary N) is 1. The number of ketones is 1. The minimum Gasteiger partial charge on any atom is -0.314 e. The second kappa shape index (κ2) is 4.46. The van der Waals surface area contributed by atoms with Gasteiger partial charge < -0.3 is 5.73 Å². The van der Waals surface area contributed by atoms with E-state index >= 15 is 0 Å². The second-order valence-electron chi connectivity index (χ2n) is 6.62. The van der Waals surface area contributed by atoms with E-state index in [1.54, 1.807) is 0 Å². The third-order valence-electron chi connectivity index (χ3n) is 3.34. The van der Waals surface area contributed by atoms with Crippen molar-refractivity contribution in [3.05, 3.63) is 0 Å². The molecule has 16 heavy (non-hydrogen) atoms. The molecule has 0 saturated heterocycles. The van der Waals surface area contributed by atoms with Gasteiger partial charge in [-0.2, -0.15) is 0 Å². The zero-order valence-electron chi connectivity index (χ0n) is 12.1. The van der Waals surface area contributed by atoms with E-state index in [0.29, 0.717) is 0 Å². The van der Waals surface area contributed by atoms with Crippen LogP contribution in [0, 0.1) is 11.3 Å². The van der Waals surface area contributed by atoms with Crippen molar-refractivity contribution in [3.8, 4) is 0 Å². The van der Waals surface area contributed by atoms with Crippen molar-refractivity contribution in [1.82, 2.24) is 5.32 Å². The number of rotatable bonds is 5. The Morgan fingerprint density at radius 2 is 1.44 bits per heavy atom. The molecule has 0 spiro atoms. The molecule has 0 aliphatic heterocycles. The number of hydrogen-bond acceptors (Lipinski definition) is 3. The first-order valence-electron chi connectivity index (χ1n) is 5.94. The van der Waals surface area contributed by atoms with E-state index in [1.165, 1.54) is 0 Å². The summed E-state index contributed by atoms with van der Waals surface area (Å²) in [6.07, 6.45) is 0. The first kappa shape index (κ1) is 15.6. The fourth-order valence-electron chi connectivity index (χ4n) is 1.99. The molecular weight excluding hydrogens is 200 g/mol. The van der Waals surface area contributed by atoms with Gasteiger partial charge in [-0.05, 0) is 27.7 Å². The van der Waals surface area contributed by atoms with Crippen molar-refractivity contribution in [3.63, 3.8) is 0 Å². The average Bonchev–Trinajstić information content (AvgIpc) is 1.97. The summed E-state index contributed by atoms with van der Waals surface area (Å²) in [5.41, 5.74) is 4.70. The molecule has 3 heteroatoms. The van der Waals surface area contributed by atoms with E-state index in [9.17, 15) is 4.79 Å². The van der Waals surface area contributed by atoms with Gasteiger partial charge >= 0.3 is 0 Å². The normalized spacial score (nSPS) is 14.4. The minimum absolute atomic E-state index is 0.0389. The molecule has 0 aliphatic carbocycles. The van der Waals surface area contributed by atoms with E-state index < -0.39 is 11.1 Å². The number of carbonyl (C=O) groups excluding carboxylic acids is 1. The second-order valence-corrected chi connectivity index (χ2v) is 6.62. The van der Waals surface area contributed by atoms with Crippen LogP contribution in [-0.2, 0) is 4.79 Å². The molecule has 3 N–H and O–H groups in total. The molecule has 0 unspecified atom stereocenters. The summed E-state index contributed by atoms with van der Waals surface area (Å²) in [6, 6.07) is 0. The Hall–Kier alpha value is -0.410. The third-order valence-corrected chi connectivity index (χ3v) is 3.34. The predicted octanol–water partition coefficient (Wildman–Crippen LogP) is 2.30. The molecule has 96 valence electrons. The van der Waals surface area contributed by atoms with Gasteiger partial charge in [0.25, 0.3) is 0 Å². The zero-order valence-corrected chi connectivity index (χ0v) is 12.1. The SMILES string of the molecule is CC(C)C(=O)C(C)(C)C(C)(C)NC(C)(C)N. The van der Waals surface area contributed by atoms with Gasteiger partial charge in [0.15, 0.2) is 0 Å². The van der Waals surface area contributed by atoms with Crippen molar-refractivity contribution in [2.24, 2.45) is 17.1 Å². The zero-order chi connectivity index (χ0) is 13.4. The third kappa shape index (κ3) is 3.56. The first-order valence-corrected chi connectivity index (χ1v) is 5.94. The lowest BCUT2D eigenvalue weighted by Gasteiger charge is -2.46. The van der Waals surface area contributed by atoms with Gasteiger partial charge in [-0.25, -0.2) is 0 Å². The van der Waals surface area contributed by atoms with E-state index in [4.69, 9.17) is 5.73 Å². The van der Waals surface area contributed by atoms with Crippen LogP contribution in [0.2, 0.25) is 0 Å². The molecule has 0 fully saturated rings. The van der Waals surface area contributed by atoms with Crippen molar-refractivity contribution >= 4 is 5.78 Å². The maximum atomic E-state index is 12.2. The maximum absolute atomic E-state index is 12.2. The summed E-state index contributed by atoms with van der Waals surface area (Å²) in [5, 5.41) is 3.33. The predicted molar refractivity (Wildman–Crippen MR) is 69.1 cm³/mol. The highest BCUT2D eigenvalue weighted by molar-refractivity contribution is 5.87. The lowest BCUT2D eigenvalue weighted by Crippen LogP contribution is -2.64. The van der Waals surface area contributed by atoms with Crippen LogP contribution in [0.15, 0.2) is 0 Å². The van der Waals surface area contributed by atoms with Crippen LogP contribution in [0.5, 0.6) is 0 Å². The summed E-state index contributed by atoms with van der Waals surface area (Å²) >= 11 is 0. The molecule has 0 rings (SSSR count). The van der Waals surface area contributed by atoms with Crippen LogP contribution >= 0.6 is 0 Å². The quantitative estimate of drug-likeness (QED) is 0.710. The van der Waals surface area contributed by atoms with Crippen molar-refractivity contribution in [2.45, 2.75) is 66.6 Å². The Bertz CT molecular complexity index is 260. The van der Waals surface area contributed by atoms with Gasteiger partial charge in [0.1, 0.15) is 5.78 Å². The van der Waals surface area contributed by atoms with Crippen LogP contribution < -0.4 is 11.1 Å². The molecule has 3 nitrogen and oxygen atoms in total. The van der Waals surface area contributed by atoms with Crippen molar-refractivity contribution in [1.29, 1.82) is 0 Å². The monoisotopic (exact) mass is 228 g/mol. The summed E-state index contributed by atoms with van der Waals surface area (Å²) in [5.74, 6) is 0.297. The highest BCUT2D eigenvalue weighted by atomic mass is 16.1. The Kier molecular flexibility index (Phi) is 4.34. The van der Waals surface area contributed by atoms with Gasteiger partial charge in [-0.1, -0.05) is 27.7 Å². The number of Topliss-reactive ketones (excluding diaryl/α,β-unsaturated/α-hetero) is 1. The topological polar surface area (TPSA) is 55.1 Å². The molecular formula is C13H28N2O. The summed E-state index contributed by atoms with van der Waals surface area (Å²) in [4.78, 5) is 12.2. The van der Waals surface area contributed by atoms with E-state index in [2.05, 4.69) is 5.32 Å². The standard InChI is InChI=1S/C13H28N2O/c1-9(2)10(16)11(3,4)12(5,6)15-13(7,8)14/h9,15H,14H2,1-8H3. The summed E-state index contributed by atoms with van der Waals surface area (Å²) in [7, 11) is 0. The Morgan fingerprint density at radius 3 is 1.69 bits per heavy atom. The minimum atomic E-state index is -0.488. The molecule has 0 radical (unpaired) electrons. The molecule has 0 aromatic carbocycles. The number of hydrogen-bond donors (Lipinski definition) is 2. The summed E-state index contributed by atoms with van der Waals surface area (Å²) < 4.78 is 0. The molecule has 0 bridgehead atoms. The Morgan fingerprint density at radius 1 is 1.06 bits per heavy atom. The largest absolute Gasteiger partial charge is 0.314 e. The maximum Gasteiger partial charge on any atom is 0.142 e. The van der Waals surface area contributed by atoms with Gasteiger partial charge in [-0.15, -0.1) is 0 Å². The van der Waals surface area contributed by atoms with Crippen LogP contribution in [0.4, 0.5) is 0 Å². The molecule has 0 saturated carbocycles. The Balaban J connectivity index is 5.06. The Labute approximate surface area is 100 Å². The van der Waals surface area contributed by atoms with Crippen LogP contribution in [0.3, 0.4) is 0 Å². The van der Waals surface area contributed by atoms with E-state index in [1.807, 2.05) is 55.4 Å². The molecule has 0 amide bonds. The first-order chi connectivity index (χ1) is 6.81. The smallest absolute Gasteiger partial charge is 0.142 e. The fraction of sp³-hybridized carbons (Fsp3) is 0.923. The summed E-state index contributed by atoms with van der Waals surface area (Å²) in [6.45, 7) is 15.7. The fourth-order valence-corrected chi connectivity index (χ4v) is 1.99. The van der Waals surface area contributed by atoms with E-state index in [-0.39, 0.29) is 17.2 Å². The molecule has 0 aromatic heterocycles. The lowest BCUT2D eigenvalue weighted by molar-refractivity contribution is -0.134. The van der Waals surface area contributed by atoms with Crippen LogP contribution in [-0.4, -0.2) is 17.0 Å². The van der Waals surface area contributed by atoms with Crippen molar-refractivity contribution < 1.29 is 4.79 Å². The number of carbonyl (C=O) groups is 1. The van der Waals surface area contributed by atoms with Crippen LogP contribution in [0.1, 0.15) is 55.4 Å². The molecule has 0 aliphatic rings.